The van der Waals surface area contributed by atoms with Gasteiger partial charge in [0.05, 0.1) is 6.10 Å². The van der Waals surface area contributed by atoms with Gasteiger partial charge in [-0.2, -0.15) is 0 Å². The number of hydrogen-bond acceptors (Lipinski definition) is 4. The highest BCUT2D eigenvalue weighted by Crippen LogP contribution is 2.66. The molecule has 2 N–H and O–H groups in total. The summed E-state index contributed by atoms with van der Waals surface area (Å²) in [5, 5.41) is 19.5. The van der Waals surface area contributed by atoms with Gasteiger partial charge in [-0.1, -0.05) is 13.8 Å². The third kappa shape index (κ3) is 2.39. The van der Waals surface area contributed by atoms with Crippen LogP contribution >= 0.6 is 0 Å². The first-order valence-electron chi connectivity index (χ1n) is 10.2. The van der Waals surface area contributed by atoms with Gasteiger partial charge in [0.25, 0.3) is 0 Å². The van der Waals surface area contributed by atoms with E-state index in [0.717, 1.165) is 44.9 Å². The van der Waals surface area contributed by atoms with Crippen LogP contribution in [0, 0.1) is 40.4 Å². The molecule has 8 atom stereocenters. The lowest BCUT2D eigenvalue weighted by atomic mass is 9.44. The lowest BCUT2D eigenvalue weighted by Gasteiger charge is -2.59. The van der Waals surface area contributed by atoms with E-state index in [0.29, 0.717) is 30.0 Å². The van der Waals surface area contributed by atoms with E-state index in [1.165, 1.54) is 0 Å². The first kappa shape index (κ1) is 17.7. The lowest BCUT2D eigenvalue weighted by Crippen LogP contribution is -2.58. The number of carbonyl (C=O) groups is 2. The number of ketones is 2. The van der Waals surface area contributed by atoms with Crippen molar-refractivity contribution in [2.24, 2.45) is 40.4 Å². The van der Waals surface area contributed by atoms with E-state index in [2.05, 4.69) is 13.8 Å². The van der Waals surface area contributed by atoms with E-state index in [1.807, 2.05) is 0 Å². The zero-order chi connectivity index (χ0) is 18.0. The Kier molecular flexibility index (Phi) is 4.16. The summed E-state index contributed by atoms with van der Waals surface area (Å²) in [6, 6.07) is 0. The fourth-order valence-electron chi connectivity index (χ4n) is 7.69. The first-order valence-corrected chi connectivity index (χ1v) is 10.2. The second kappa shape index (κ2) is 5.88. The summed E-state index contributed by atoms with van der Waals surface area (Å²) in [6.45, 7) is 4.04. The van der Waals surface area contributed by atoms with Gasteiger partial charge in [0.2, 0.25) is 0 Å². The van der Waals surface area contributed by atoms with Crippen LogP contribution in [0.3, 0.4) is 0 Å². The fraction of sp³-hybridized carbons (Fsp3) is 0.905. The Morgan fingerprint density at radius 3 is 2.60 bits per heavy atom. The molecule has 0 radical (unpaired) electrons. The first-order chi connectivity index (χ1) is 11.8. The Balaban J connectivity index is 1.66. The molecule has 0 saturated heterocycles. The molecule has 0 bridgehead atoms. The molecule has 4 aliphatic carbocycles. The van der Waals surface area contributed by atoms with Gasteiger partial charge in [0.15, 0.2) is 5.78 Å². The summed E-state index contributed by atoms with van der Waals surface area (Å²) in [6.07, 6.45) is 6.93. The normalized spacial score (nSPS) is 52.2. The van der Waals surface area contributed by atoms with Crippen LogP contribution in [0.5, 0.6) is 0 Å². The lowest BCUT2D eigenvalue weighted by molar-refractivity contribution is -0.162. The van der Waals surface area contributed by atoms with Crippen LogP contribution in [0.15, 0.2) is 0 Å². The largest absolute Gasteiger partial charge is 0.393 e. The third-order valence-electron chi connectivity index (χ3n) is 8.87. The minimum Gasteiger partial charge on any atom is -0.393 e. The molecule has 4 rings (SSSR count). The maximum absolute atomic E-state index is 13.3. The Bertz CT molecular complexity index is 586. The van der Waals surface area contributed by atoms with Crippen LogP contribution < -0.4 is 0 Å². The van der Waals surface area contributed by atoms with E-state index < -0.39 is 6.61 Å². The molecule has 0 amide bonds. The summed E-state index contributed by atoms with van der Waals surface area (Å²) >= 11 is 0. The van der Waals surface area contributed by atoms with Crippen molar-refractivity contribution in [3.05, 3.63) is 0 Å². The Morgan fingerprint density at radius 1 is 1.12 bits per heavy atom. The van der Waals surface area contributed by atoms with Crippen molar-refractivity contribution in [3.8, 4) is 0 Å². The number of hydrogen-bond donors (Lipinski definition) is 2. The average molecular weight is 348 g/mol. The van der Waals surface area contributed by atoms with Crippen molar-refractivity contribution >= 4 is 11.6 Å². The Morgan fingerprint density at radius 2 is 1.88 bits per heavy atom. The van der Waals surface area contributed by atoms with Crippen molar-refractivity contribution < 1.29 is 19.8 Å². The SMILES string of the molecule is C[C@]12CC(=O)[C@H]3[C@@H](CCC4C[C@H](O)CC[C@@]43C)[C@@H]1CC[C@@H]2C(=O)CO. The predicted octanol–water partition coefficient (Wildman–Crippen LogP) is 2.75. The Hall–Kier alpha value is -0.740. The maximum Gasteiger partial charge on any atom is 0.161 e. The predicted molar refractivity (Wildman–Crippen MR) is 93.7 cm³/mol. The summed E-state index contributed by atoms with van der Waals surface area (Å²) in [5.41, 5.74) is -0.227. The van der Waals surface area contributed by atoms with Gasteiger partial charge >= 0.3 is 0 Å². The van der Waals surface area contributed by atoms with Gasteiger partial charge in [-0.25, -0.2) is 0 Å². The number of rotatable bonds is 2. The number of aliphatic hydroxyl groups excluding tert-OH is 2. The highest BCUT2D eigenvalue weighted by atomic mass is 16.3. The minimum atomic E-state index is -0.396. The van der Waals surface area contributed by atoms with Crippen LogP contribution in [-0.4, -0.2) is 34.5 Å². The van der Waals surface area contributed by atoms with E-state index in [4.69, 9.17) is 0 Å². The van der Waals surface area contributed by atoms with Gasteiger partial charge in [0.1, 0.15) is 12.4 Å². The van der Waals surface area contributed by atoms with Crippen molar-refractivity contribution in [1.29, 1.82) is 0 Å². The third-order valence-corrected chi connectivity index (χ3v) is 8.87. The van der Waals surface area contributed by atoms with Crippen molar-refractivity contribution in [1.82, 2.24) is 0 Å². The summed E-state index contributed by atoms with van der Waals surface area (Å²) < 4.78 is 0. The van der Waals surface area contributed by atoms with Crippen LogP contribution in [0.4, 0.5) is 0 Å². The molecule has 1 unspecified atom stereocenters. The van der Waals surface area contributed by atoms with Crippen molar-refractivity contribution in [2.75, 3.05) is 6.61 Å². The molecule has 4 aliphatic rings. The molecule has 0 spiro atoms. The van der Waals surface area contributed by atoms with Crippen molar-refractivity contribution in [2.45, 2.75) is 71.3 Å². The molecule has 25 heavy (non-hydrogen) atoms. The van der Waals surface area contributed by atoms with E-state index in [9.17, 15) is 19.8 Å². The van der Waals surface area contributed by atoms with E-state index >= 15 is 0 Å². The van der Waals surface area contributed by atoms with Gasteiger partial charge in [-0.15, -0.1) is 0 Å². The van der Waals surface area contributed by atoms with Crippen LogP contribution in [0.25, 0.3) is 0 Å². The van der Waals surface area contributed by atoms with Crippen LogP contribution in [0.1, 0.15) is 65.2 Å². The molecule has 0 aromatic carbocycles. The van der Waals surface area contributed by atoms with Gasteiger partial charge in [-0.05, 0) is 73.5 Å². The summed E-state index contributed by atoms with van der Waals surface area (Å²) in [4.78, 5) is 25.6. The molecular weight excluding hydrogens is 316 g/mol. The smallest absolute Gasteiger partial charge is 0.161 e. The molecule has 140 valence electrons. The average Bonchev–Trinajstić information content (AvgIpc) is 2.91. The number of fused-ring (bicyclic) bond motifs is 5. The molecule has 0 heterocycles. The van der Waals surface area contributed by atoms with Crippen molar-refractivity contribution in [3.63, 3.8) is 0 Å². The second-order valence-corrected chi connectivity index (χ2v) is 9.86. The molecule has 4 heteroatoms. The summed E-state index contributed by atoms with van der Waals surface area (Å²) in [5.74, 6) is 1.52. The summed E-state index contributed by atoms with van der Waals surface area (Å²) in [7, 11) is 0. The van der Waals surface area contributed by atoms with E-state index in [1.54, 1.807) is 0 Å². The topological polar surface area (TPSA) is 74.6 Å². The zero-order valence-corrected chi connectivity index (χ0v) is 15.5. The second-order valence-electron chi connectivity index (χ2n) is 9.86. The molecule has 4 saturated carbocycles. The van der Waals surface area contributed by atoms with Crippen LogP contribution in [-0.2, 0) is 9.59 Å². The minimum absolute atomic E-state index is 0.0274. The quantitative estimate of drug-likeness (QED) is 0.805. The molecule has 0 aromatic rings. The van der Waals surface area contributed by atoms with E-state index in [-0.39, 0.29) is 34.6 Å². The number of carbonyl (C=O) groups excluding carboxylic acids is 2. The molecule has 4 nitrogen and oxygen atoms in total. The molecule has 0 aromatic heterocycles. The molecule has 4 fully saturated rings. The monoisotopic (exact) mass is 348 g/mol. The zero-order valence-electron chi connectivity index (χ0n) is 15.5. The highest BCUT2D eigenvalue weighted by molar-refractivity contribution is 5.88. The highest BCUT2D eigenvalue weighted by Gasteiger charge is 2.63. The Labute approximate surface area is 150 Å². The van der Waals surface area contributed by atoms with Gasteiger partial charge in [0, 0.05) is 18.3 Å². The number of aliphatic hydroxyl groups is 2. The molecular formula is C21H32O4. The maximum atomic E-state index is 13.3. The van der Waals surface area contributed by atoms with Gasteiger partial charge < -0.3 is 10.2 Å². The fourth-order valence-corrected chi connectivity index (χ4v) is 7.69. The number of Topliss-reactive ketones (excluding diaryl/α,β-unsaturated/α-hetero) is 2. The van der Waals surface area contributed by atoms with Crippen LogP contribution in [0.2, 0.25) is 0 Å². The standard InChI is InChI=1S/C21H32O4/c1-20-8-7-13(23)9-12(20)3-4-14-15-5-6-16(18(25)11-22)21(15,2)10-17(24)19(14)20/h12-16,19,22-23H,3-11H2,1-2H3/t12?,13-,14+,15+,16-,19-,20+,21+/m1/s1. The van der Waals surface area contributed by atoms with Gasteiger partial charge in [-0.3, -0.25) is 9.59 Å². The molecule has 0 aliphatic heterocycles.